The Hall–Kier alpha value is -0.910. The van der Waals surface area contributed by atoms with Crippen LogP contribution in [0, 0.1) is 0 Å². The highest BCUT2D eigenvalue weighted by Gasteiger charge is 2.24. The van der Waals surface area contributed by atoms with Gasteiger partial charge in [0.25, 0.3) is 0 Å². The van der Waals surface area contributed by atoms with Crippen molar-refractivity contribution in [3.63, 3.8) is 0 Å². The van der Waals surface area contributed by atoms with E-state index in [0.29, 0.717) is 5.75 Å². The summed E-state index contributed by atoms with van der Waals surface area (Å²) in [6.45, 7) is 7.27. The summed E-state index contributed by atoms with van der Waals surface area (Å²) >= 11 is 1.55. The van der Waals surface area contributed by atoms with Gasteiger partial charge in [-0.05, 0) is 26.5 Å². The van der Waals surface area contributed by atoms with Crippen molar-refractivity contribution in [2.45, 2.75) is 39.3 Å². The number of amides is 1. The SMILES string of the molecule is CCSC[C@H](NC(=O)OC(C)(C)C)C(=O)OC. The number of hydrogen-bond donors (Lipinski definition) is 1. The van der Waals surface area contributed by atoms with Crippen LogP contribution in [0.2, 0.25) is 0 Å². The maximum absolute atomic E-state index is 11.5. The summed E-state index contributed by atoms with van der Waals surface area (Å²) < 4.78 is 9.69. The van der Waals surface area contributed by atoms with Crippen LogP contribution in [0.3, 0.4) is 0 Å². The van der Waals surface area contributed by atoms with E-state index >= 15 is 0 Å². The van der Waals surface area contributed by atoms with Gasteiger partial charge in [-0.15, -0.1) is 0 Å². The summed E-state index contributed by atoms with van der Waals surface area (Å²) in [6, 6.07) is -0.667. The number of methoxy groups -OCH3 is 1. The van der Waals surface area contributed by atoms with Crippen molar-refractivity contribution in [3.05, 3.63) is 0 Å². The summed E-state index contributed by atoms with van der Waals surface area (Å²) in [5.41, 5.74) is -0.581. The van der Waals surface area contributed by atoms with Gasteiger partial charge < -0.3 is 14.8 Å². The van der Waals surface area contributed by atoms with Gasteiger partial charge in [0.15, 0.2) is 0 Å². The van der Waals surface area contributed by atoms with E-state index in [4.69, 9.17) is 4.74 Å². The monoisotopic (exact) mass is 263 g/mol. The fourth-order valence-corrected chi connectivity index (χ4v) is 1.69. The molecule has 0 unspecified atom stereocenters. The minimum Gasteiger partial charge on any atom is -0.467 e. The Balaban J connectivity index is 4.32. The molecule has 6 heteroatoms. The van der Waals surface area contributed by atoms with Crippen molar-refractivity contribution in [3.8, 4) is 0 Å². The van der Waals surface area contributed by atoms with Crippen LogP contribution >= 0.6 is 11.8 Å². The largest absolute Gasteiger partial charge is 0.467 e. The van der Waals surface area contributed by atoms with Gasteiger partial charge in [0.05, 0.1) is 7.11 Å². The highest BCUT2D eigenvalue weighted by Crippen LogP contribution is 2.08. The molecule has 0 aliphatic carbocycles. The standard InChI is InChI=1S/C11H21NO4S/c1-6-17-7-8(9(13)15-5)12-10(14)16-11(2,3)4/h8H,6-7H2,1-5H3,(H,12,14)/t8-/m0/s1. The maximum atomic E-state index is 11.5. The fraction of sp³-hybridized carbons (Fsp3) is 0.818. The van der Waals surface area contributed by atoms with Gasteiger partial charge in [0.2, 0.25) is 0 Å². The van der Waals surface area contributed by atoms with Crippen molar-refractivity contribution in [2.75, 3.05) is 18.6 Å². The number of esters is 1. The Morgan fingerprint density at radius 3 is 2.35 bits per heavy atom. The number of rotatable bonds is 5. The van der Waals surface area contributed by atoms with Gasteiger partial charge in [-0.1, -0.05) is 6.92 Å². The third kappa shape index (κ3) is 7.90. The zero-order chi connectivity index (χ0) is 13.5. The molecule has 100 valence electrons. The molecule has 1 N–H and O–H groups in total. The molecule has 0 fully saturated rings. The van der Waals surface area contributed by atoms with E-state index in [1.54, 1.807) is 32.5 Å². The molecule has 0 rings (SSSR count). The van der Waals surface area contributed by atoms with Crippen molar-refractivity contribution in [1.82, 2.24) is 5.32 Å². The molecular formula is C11H21NO4S. The summed E-state index contributed by atoms with van der Waals surface area (Å²) in [5.74, 6) is 0.878. The summed E-state index contributed by atoms with van der Waals surface area (Å²) in [5, 5.41) is 2.50. The van der Waals surface area contributed by atoms with Crippen LogP contribution in [0.25, 0.3) is 0 Å². The van der Waals surface area contributed by atoms with Crippen molar-refractivity contribution in [1.29, 1.82) is 0 Å². The van der Waals surface area contributed by atoms with Crippen LogP contribution in [0.1, 0.15) is 27.7 Å². The molecule has 1 atom stereocenters. The van der Waals surface area contributed by atoms with Gasteiger partial charge in [-0.2, -0.15) is 11.8 Å². The molecule has 0 aromatic carbocycles. The number of ether oxygens (including phenoxy) is 2. The Kier molecular flexibility index (Phi) is 7.03. The first-order valence-corrected chi connectivity index (χ1v) is 6.60. The molecule has 0 saturated heterocycles. The minimum atomic E-state index is -0.667. The predicted molar refractivity (Wildman–Crippen MR) is 68.2 cm³/mol. The Morgan fingerprint density at radius 1 is 1.35 bits per heavy atom. The zero-order valence-corrected chi connectivity index (χ0v) is 11.8. The van der Waals surface area contributed by atoms with Gasteiger partial charge in [0, 0.05) is 5.75 Å². The summed E-state index contributed by atoms with van der Waals surface area (Å²) in [7, 11) is 1.29. The molecule has 0 aromatic heterocycles. The normalized spacial score (nSPS) is 12.8. The number of nitrogens with one attached hydrogen (secondary N) is 1. The third-order valence-corrected chi connectivity index (χ3v) is 2.64. The minimum absolute atomic E-state index is 0.461. The quantitative estimate of drug-likeness (QED) is 0.766. The van der Waals surface area contributed by atoms with E-state index < -0.39 is 23.7 Å². The van der Waals surface area contributed by atoms with E-state index in [1.165, 1.54) is 7.11 Å². The van der Waals surface area contributed by atoms with Gasteiger partial charge >= 0.3 is 12.1 Å². The Bertz CT molecular complexity index is 263. The number of alkyl carbamates (subject to hydrolysis) is 1. The number of carbonyl (C=O) groups is 2. The molecule has 5 nitrogen and oxygen atoms in total. The number of carbonyl (C=O) groups excluding carboxylic acids is 2. The lowest BCUT2D eigenvalue weighted by Crippen LogP contribution is -2.45. The second-order valence-corrected chi connectivity index (χ2v) is 5.70. The van der Waals surface area contributed by atoms with E-state index in [1.807, 2.05) is 6.92 Å². The van der Waals surface area contributed by atoms with E-state index in [-0.39, 0.29) is 0 Å². The molecule has 0 saturated carbocycles. The molecule has 0 spiro atoms. The van der Waals surface area contributed by atoms with Crippen LogP contribution in [-0.2, 0) is 14.3 Å². The van der Waals surface area contributed by atoms with Crippen LogP contribution in [0.4, 0.5) is 4.79 Å². The van der Waals surface area contributed by atoms with Crippen molar-refractivity contribution in [2.24, 2.45) is 0 Å². The van der Waals surface area contributed by atoms with Gasteiger partial charge in [0.1, 0.15) is 11.6 Å². The smallest absolute Gasteiger partial charge is 0.408 e. The summed E-state index contributed by atoms with van der Waals surface area (Å²) in [6.07, 6.45) is -0.607. The maximum Gasteiger partial charge on any atom is 0.408 e. The number of hydrogen-bond acceptors (Lipinski definition) is 5. The molecule has 0 heterocycles. The first-order chi connectivity index (χ1) is 7.80. The average Bonchev–Trinajstić information content (AvgIpc) is 2.20. The van der Waals surface area contributed by atoms with Crippen molar-refractivity contribution < 1.29 is 19.1 Å². The second-order valence-electron chi connectivity index (χ2n) is 4.38. The molecule has 1 amide bonds. The Morgan fingerprint density at radius 2 is 1.94 bits per heavy atom. The third-order valence-electron chi connectivity index (χ3n) is 1.67. The van der Waals surface area contributed by atoms with Crippen LogP contribution in [0.5, 0.6) is 0 Å². The zero-order valence-electron chi connectivity index (χ0n) is 11.0. The van der Waals surface area contributed by atoms with Gasteiger partial charge in [-0.25, -0.2) is 9.59 Å². The van der Waals surface area contributed by atoms with Crippen LogP contribution < -0.4 is 5.32 Å². The molecule has 0 aromatic rings. The van der Waals surface area contributed by atoms with Crippen LogP contribution in [0.15, 0.2) is 0 Å². The molecule has 0 radical (unpaired) electrons. The van der Waals surface area contributed by atoms with E-state index in [2.05, 4.69) is 10.1 Å². The molecule has 17 heavy (non-hydrogen) atoms. The van der Waals surface area contributed by atoms with E-state index in [9.17, 15) is 9.59 Å². The second kappa shape index (κ2) is 7.42. The topological polar surface area (TPSA) is 64.6 Å². The van der Waals surface area contributed by atoms with Crippen molar-refractivity contribution >= 4 is 23.8 Å². The molecule has 0 aliphatic rings. The van der Waals surface area contributed by atoms with Gasteiger partial charge in [-0.3, -0.25) is 0 Å². The lowest BCUT2D eigenvalue weighted by molar-refractivity contribution is -0.142. The predicted octanol–water partition coefficient (Wildman–Crippen LogP) is 1.81. The average molecular weight is 263 g/mol. The Labute approximate surface area is 107 Å². The highest BCUT2D eigenvalue weighted by molar-refractivity contribution is 7.99. The molecular weight excluding hydrogens is 242 g/mol. The summed E-state index contributed by atoms with van der Waals surface area (Å²) in [4.78, 5) is 22.9. The number of thioether (sulfide) groups is 1. The van der Waals surface area contributed by atoms with Crippen LogP contribution in [-0.4, -0.2) is 42.3 Å². The fourth-order valence-electron chi connectivity index (χ4n) is 0.996. The highest BCUT2D eigenvalue weighted by atomic mass is 32.2. The lowest BCUT2D eigenvalue weighted by atomic mass is 10.2. The first kappa shape index (κ1) is 16.1. The first-order valence-electron chi connectivity index (χ1n) is 5.45. The molecule has 0 aliphatic heterocycles. The van der Waals surface area contributed by atoms with E-state index in [0.717, 1.165) is 5.75 Å². The molecule has 0 bridgehead atoms. The lowest BCUT2D eigenvalue weighted by Gasteiger charge is -2.22.